The van der Waals surface area contributed by atoms with E-state index in [2.05, 4.69) is 19.9 Å². The Morgan fingerprint density at radius 1 is 1.08 bits per heavy atom. The van der Waals surface area contributed by atoms with Crippen molar-refractivity contribution in [2.75, 3.05) is 20.3 Å². The number of hydrogen-bond acceptors (Lipinski definition) is 8. The molecule has 0 radical (unpaired) electrons. The second kappa shape index (κ2) is 8.12. The molecule has 11 atom stereocenters. The van der Waals surface area contributed by atoms with Crippen molar-refractivity contribution in [2.45, 2.75) is 101 Å². The van der Waals surface area contributed by atoms with Crippen LogP contribution >= 0.6 is 0 Å². The molecule has 0 aromatic rings. The van der Waals surface area contributed by atoms with E-state index in [-0.39, 0.29) is 40.8 Å². The van der Waals surface area contributed by atoms with Crippen molar-refractivity contribution in [1.82, 2.24) is 0 Å². The zero-order valence-electron chi connectivity index (χ0n) is 22.1. The van der Waals surface area contributed by atoms with Gasteiger partial charge in [0, 0.05) is 25.0 Å². The smallest absolute Gasteiger partial charge is 0.331 e. The fraction of sp³-hybridized carbons (Fsp3) is 0.828. The summed E-state index contributed by atoms with van der Waals surface area (Å²) in [5.74, 6) is -1.20. The van der Waals surface area contributed by atoms with Gasteiger partial charge in [-0.1, -0.05) is 25.5 Å². The summed E-state index contributed by atoms with van der Waals surface area (Å²) in [6.07, 6.45) is 8.71. The van der Waals surface area contributed by atoms with Gasteiger partial charge in [-0.15, -0.1) is 0 Å². The first-order valence-corrected chi connectivity index (χ1v) is 14.1. The summed E-state index contributed by atoms with van der Waals surface area (Å²) in [5.41, 5.74) is 1.27. The SMILES string of the molecule is CO[C@@H]1CCO[C@H]2OC3C=C4CCC5C(CC[C@]6(C)[C@@H](C7=CC(=O)OC7)CC[C@]56O)[C@@]4(C)C[C@H]3O[C@]21O. The van der Waals surface area contributed by atoms with E-state index in [1.807, 2.05) is 0 Å². The van der Waals surface area contributed by atoms with E-state index in [0.29, 0.717) is 25.6 Å². The third-order valence-electron chi connectivity index (χ3n) is 11.8. The van der Waals surface area contributed by atoms with Crippen molar-refractivity contribution in [3.8, 4) is 0 Å². The van der Waals surface area contributed by atoms with Gasteiger partial charge in [0.15, 0.2) is 0 Å². The van der Waals surface area contributed by atoms with E-state index in [9.17, 15) is 15.0 Å². The molecule has 37 heavy (non-hydrogen) atoms. The first-order chi connectivity index (χ1) is 17.6. The van der Waals surface area contributed by atoms with Crippen LogP contribution in [0.5, 0.6) is 0 Å². The molecular weight excluding hydrogens is 476 g/mol. The number of aliphatic hydroxyl groups is 2. The molecule has 204 valence electrons. The molecule has 0 spiro atoms. The van der Waals surface area contributed by atoms with Crippen LogP contribution in [0.1, 0.15) is 65.2 Å². The lowest BCUT2D eigenvalue weighted by atomic mass is 9.45. The van der Waals surface area contributed by atoms with Crippen molar-refractivity contribution in [3.63, 3.8) is 0 Å². The Morgan fingerprint density at radius 2 is 1.92 bits per heavy atom. The number of esters is 1. The quantitative estimate of drug-likeness (QED) is 0.427. The lowest BCUT2D eigenvalue weighted by Gasteiger charge is -2.63. The highest BCUT2D eigenvalue weighted by Crippen LogP contribution is 2.69. The molecule has 7 rings (SSSR count). The minimum atomic E-state index is -1.62. The zero-order chi connectivity index (χ0) is 25.8. The topological polar surface area (TPSA) is 104 Å². The average molecular weight is 517 g/mol. The maximum absolute atomic E-state index is 12.5. The predicted molar refractivity (Wildman–Crippen MR) is 131 cm³/mol. The first-order valence-electron chi connectivity index (χ1n) is 14.1. The summed E-state index contributed by atoms with van der Waals surface area (Å²) in [5, 5.41) is 23.9. The van der Waals surface area contributed by atoms with Gasteiger partial charge in [0.25, 0.3) is 0 Å². The van der Waals surface area contributed by atoms with Gasteiger partial charge in [-0.25, -0.2) is 4.79 Å². The maximum atomic E-state index is 12.5. The lowest BCUT2D eigenvalue weighted by Crippen LogP contribution is -2.68. The first kappa shape index (κ1) is 24.7. The van der Waals surface area contributed by atoms with Gasteiger partial charge in [0.1, 0.15) is 18.8 Å². The third kappa shape index (κ3) is 3.20. The molecule has 2 N–H and O–H groups in total. The van der Waals surface area contributed by atoms with Crippen LogP contribution in [0, 0.1) is 28.6 Å². The van der Waals surface area contributed by atoms with Gasteiger partial charge in [-0.2, -0.15) is 0 Å². The molecule has 5 fully saturated rings. The van der Waals surface area contributed by atoms with Crippen molar-refractivity contribution < 1.29 is 38.7 Å². The Bertz CT molecular complexity index is 1050. The van der Waals surface area contributed by atoms with Crippen molar-refractivity contribution in [2.24, 2.45) is 28.6 Å². The van der Waals surface area contributed by atoms with Crippen LogP contribution in [0.15, 0.2) is 23.3 Å². The Kier molecular flexibility index (Phi) is 5.42. The number of cyclic esters (lactones) is 1. The number of allylic oxidation sites excluding steroid dienone is 1. The van der Waals surface area contributed by atoms with Crippen LogP contribution in [-0.4, -0.2) is 72.5 Å². The number of carbonyl (C=O) groups excluding carboxylic acids is 1. The van der Waals surface area contributed by atoms with Crippen LogP contribution in [-0.2, 0) is 28.5 Å². The standard InChI is InChI=1S/C29H40O8/c1-26-14-22-21(36-25-29(32,37-22)23(33-3)8-11-34-25)13-17(26)4-5-20-19(26)6-9-27(2)18(7-10-28(20,27)31)16-12-24(30)35-15-16/h12-13,18-23,25,31-32H,4-11,14-15H2,1-3H3/t18-,19?,20?,21?,22-,23-,25+,26+,27-,28+,29+/m1/s1. The molecule has 8 nitrogen and oxygen atoms in total. The van der Waals surface area contributed by atoms with E-state index in [0.717, 1.165) is 50.5 Å². The number of hydrogen-bond donors (Lipinski definition) is 2. The molecule has 8 heteroatoms. The van der Waals surface area contributed by atoms with Gasteiger partial charge >= 0.3 is 5.97 Å². The van der Waals surface area contributed by atoms with Gasteiger partial charge in [0.05, 0.1) is 18.3 Å². The molecule has 3 saturated carbocycles. The van der Waals surface area contributed by atoms with Crippen molar-refractivity contribution in [1.29, 1.82) is 0 Å². The Morgan fingerprint density at radius 3 is 2.68 bits per heavy atom. The highest BCUT2D eigenvalue weighted by Gasteiger charge is 2.68. The monoisotopic (exact) mass is 516 g/mol. The summed E-state index contributed by atoms with van der Waals surface area (Å²) in [4.78, 5) is 11.8. The van der Waals surface area contributed by atoms with E-state index in [1.54, 1.807) is 13.2 Å². The van der Waals surface area contributed by atoms with Crippen LogP contribution in [0.25, 0.3) is 0 Å². The number of rotatable bonds is 2. The second-order valence-corrected chi connectivity index (χ2v) is 13.1. The van der Waals surface area contributed by atoms with Gasteiger partial charge in [0.2, 0.25) is 12.1 Å². The summed E-state index contributed by atoms with van der Waals surface area (Å²) >= 11 is 0. The fourth-order valence-corrected chi connectivity index (χ4v) is 9.81. The van der Waals surface area contributed by atoms with Crippen LogP contribution in [0.4, 0.5) is 0 Å². The predicted octanol–water partition coefficient (Wildman–Crippen LogP) is 3.01. The Labute approximate surface area is 218 Å². The Hall–Kier alpha value is -1.29. The average Bonchev–Trinajstić information content (AvgIpc) is 3.40. The molecule has 0 aromatic carbocycles. The minimum absolute atomic E-state index is 0.143. The molecule has 3 unspecified atom stereocenters. The Balaban J connectivity index is 1.18. The molecule has 2 saturated heterocycles. The number of methoxy groups -OCH3 is 1. The molecule has 7 aliphatic rings. The molecule has 4 aliphatic carbocycles. The minimum Gasteiger partial charge on any atom is -0.458 e. The van der Waals surface area contributed by atoms with Crippen molar-refractivity contribution in [3.05, 3.63) is 23.3 Å². The van der Waals surface area contributed by atoms with E-state index in [1.165, 1.54) is 5.57 Å². The maximum Gasteiger partial charge on any atom is 0.331 e. The number of ether oxygens (including phenoxy) is 5. The summed E-state index contributed by atoms with van der Waals surface area (Å²) in [6, 6.07) is 0. The molecule has 0 aromatic heterocycles. The van der Waals surface area contributed by atoms with Crippen molar-refractivity contribution >= 4 is 5.97 Å². The van der Waals surface area contributed by atoms with Gasteiger partial charge < -0.3 is 33.9 Å². The largest absolute Gasteiger partial charge is 0.458 e. The van der Waals surface area contributed by atoms with E-state index in [4.69, 9.17) is 23.7 Å². The summed E-state index contributed by atoms with van der Waals surface area (Å²) < 4.78 is 29.3. The summed E-state index contributed by atoms with van der Waals surface area (Å²) in [6.45, 7) is 5.40. The van der Waals surface area contributed by atoms with E-state index >= 15 is 0 Å². The normalized spacial score (nSPS) is 54.6. The van der Waals surface area contributed by atoms with Gasteiger partial charge in [-0.05, 0) is 73.7 Å². The molecule has 0 bridgehead atoms. The van der Waals surface area contributed by atoms with Crippen LogP contribution < -0.4 is 0 Å². The highest BCUT2D eigenvalue weighted by atomic mass is 16.8. The lowest BCUT2D eigenvalue weighted by molar-refractivity contribution is -0.442. The van der Waals surface area contributed by atoms with Gasteiger partial charge in [-0.3, -0.25) is 0 Å². The van der Waals surface area contributed by atoms with Crippen LogP contribution in [0.3, 0.4) is 0 Å². The second-order valence-electron chi connectivity index (χ2n) is 13.1. The number of carbonyl (C=O) groups is 1. The fourth-order valence-electron chi connectivity index (χ4n) is 9.81. The van der Waals surface area contributed by atoms with E-state index < -0.39 is 23.8 Å². The molecule has 0 amide bonds. The number of fused-ring (bicyclic) bond motifs is 7. The summed E-state index contributed by atoms with van der Waals surface area (Å²) in [7, 11) is 1.59. The van der Waals surface area contributed by atoms with Crippen LogP contribution in [0.2, 0.25) is 0 Å². The highest BCUT2D eigenvalue weighted by molar-refractivity contribution is 5.85. The molecule has 3 heterocycles. The third-order valence-corrected chi connectivity index (χ3v) is 11.8. The molecular formula is C29H40O8. The zero-order valence-corrected chi connectivity index (χ0v) is 22.1. The molecule has 3 aliphatic heterocycles.